The van der Waals surface area contributed by atoms with Crippen LogP contribution in [0.1, 0.15) is 17.0 Å². The van der Waals surface area contributed by atoms with Crippen molar-refractivity contribution in [3.05, 3.63) is 69.5 Å². The van der Waals surface area contributed by atoms with Gasteiger partial charge in [0.1, 0.15) is 5.82 Å². The largest absolute Gasteiger partial charge is 0.490 e. The molecule has 1 aromatic heterocycles. The zero-order valence-corrected chi connectivity index (χ0v) is 15.5. The summed E-state index contributed by atoms with van der Waals surface area (Å²) in [5.74, 6) is 1.58. The van der Waals surface area contributed by atoms with Crippen molar-refractivity contribution < 1.29 is 9.66 Å². The molecule has 0 fully saturated rings. The first kappa shape index (κ1) is 17.9. The average Bonchev–Trinajstić information content (AvgIpc) is 3.00. The molecule has 0 saturated heterocycles. The third-order valence-electron chi connectivity index (χ3n) is 3.96. The first-order chi connectivity index (χ1) is 12.5. The standard InChI is InChI=1S/C18H18N4O3S/c1-12-6-4-5-7-15(12)21-13(2)19-20-18(21)26-11-14-8-9-17(25-3)16(10-14)22(23)24/h4-10H,11H2,1-3H3. The Kier molecular flexibility index (Phi) is 5.22. The molecule has 0 N–H and O–H groups in total. The smallest absolute Gasteiger partial charge is 0.311 e. The molecule has 0 aliphatic heterocycles. The number of nitro groups is 1. The van der Waals surface area contributed by atoms with Crippen LogP contribution in [0.25, 0.3) is 5.69 Å². The minimum atomic E-state index is -0.438. The van der Waals surface area contributed by atoms with E-state index >= 15 is 0 Å². The Morgan fingerprint density at radius 1 is 1.19 bits per heavy atom. The molecule has 0 amide bonds. The van der Waals surface area contributed by atoms with Gasteiger partial charge >= 0.3 is 5.69 Å². The Balaban J connectivity index is 1.87. The van der Waals surface area contributed by atoms with Gasteiger partial charge in [0.25, 0.3) is 0 Å². The Hall–Kier alpha value is -2.87. The maximum absolute atomic E-state index is 11.2. The number of benzene rings is 2. The normalized spacial score (nSPS) is 10.7. The highest BCUT2D eigenvalue weighted by Crippen LogP contribution is 2.31. The highest BCUT2D eigenvalue weighted by molar-refractivity contribution is 7.98. The maximum atomic E-state index is 11.2. The molecule has 0 spiro atoms. The van der Waals surface area contributed by atoms with Crippen molar-refractivity contribution in [3.8, 4) is 11.4 Å². The fourth-order valence-corrected chi connectivity index (χ4v) is 3.58. The molecule has 0 bridgehead atoms. The first-order valence-corrected chi connectivity index (χ1v) is 8.92. The van der Waals surface area contributed by atoms with Crippen LogP contribution in [0.15, 0.2) is 47.6 Å². The number of hydrogen-bond acceptors (Lipinski definition) is 6. The topological polar surface area (TPSA) is 83.1 Å². The van der Waals surface area contributed by atoms with Gasteiger partial charge in [0.2, 0.25) is 0 Å². The molecule has 0 radical (unpaired) electrons. The molecular weight excluding hydrogens is 352 g/mol. The SMILES string of the molecule is COc1ccc(CSc2nnc(C)n2-c2ccccc2C)cc1[N+](=O)[O-]. The van der Waals surface area contributed by atoms with Crippen LogP contribution in [-0.4, -0.2) is 26.8 Å². The summed E-state index contributed by atoms with van der Waals surface area (Å²) in [5.41, 5.74) is 2.93. The van der Waals surface area contributed by atoms with Gasteiger partial charge in [-0.15, -0.1) is 10.2 Å². The lowest BCUT2D eigenvalue weighted by Crippen LogP contribution is -2.01. The summed E-state index contributed by atoms with van der Waals surface area (Å²) in [6.07, 6.45) is 0. The number of hydrogen-bond donors (Lipinski definition) is 0. The second-order valence-electron chi connectivity index (χ2n) is 5.70. The van der Waals surface area contributed by atoms with Crippen molar-refractivity contribution in [3.63, 3.8) is 0 Å². The highest BCUT2D eigenvalue weighted by Gasteiger charge is 2.17. The van der Waals surface area contributed by atoms with Crippen LogP contribution in [0.2, 0.25) is 0 Å². The van der Waals surface area contributed by atoms with E-state index in [0.717, 1.165) is 27.8 Å². The molecule has 3 rings (SSSR count). The summed E-state index contributed by atoms with van der Waals surface area (Å²) in [6.45, 7) is 3.94. The minimum absolute atomic E-state index is 0.0397. The number of aromatic nitrogens is 3. The van der Waals surface area contributed by atoms with Crippen molar-refractivity contribution in [2.24, 2.45) is 0 Å². The van der Waals surface area contributed by atoms with Crippen LogP contribution in [0, 0.1) is 24.0 Å². The third kappa shape index (κ3) is 3.55. The summed E-state index contributed by atoms with van der Waals surface area (Å²) in [5, 5.41) is 20.4. The van der Waals surface area contributed by atoms with Crippen LogP contribution in [-0.2, 0) is 5.75 Å². The Labute approximate surface area is 155 Å². The van der Waals surface area contributed by atoms with Crippen molar-refractivity contribution in [1.29, 1.82) is 0 Å². The summed E-state index contributed by atoms with van der Waals surface area (Å²) in [7, 11) is 1.42. The van der Waals surface area contributed by atoms with E-state index in [4.69, 9.17) is 4.74 Å². The molecule has 0 aliphatic rings. The lowest BCUT2D eigenvalue weighted by molar-refractivity contribution is -0.385. The summed E-state index contributed by atoms with van der Waals surface area (Å²) < 4.78 is 7.04. The van der Waals surface area contributed by atoms with Crippen LogP contribution < -0.4 is 4.74 Å². The number of rotatable bonds is 6. The summed E-state index contributed by atoms with van der Waals surface area (Å²) in [6, 6.07) is 13.0. The molecule has 0 unspecified atom stereocenters. The second kappa shape index (κ2) is 7.57. The maximum Gasteiger partial charge on any atom is 0.311 e. The molecule has 0 saturated carbocycles. The fourth-order valence-electron chi connectivity index (χ4n) is 2.64. The number of para-hydroxylation sites is 1. The Morgan fingerprint density at radius 3 is 2.65 bits per heavy atom. The molecule has 8 heteroatoms. The van der Waals surface area contributed by atoms with E-state index in [1.165, 1.54) is 24.9 Å². The molecular formula is C18H18N4O3S. The van der Waals surface area contributed by atoms with Crippen molar-refractivity contribution in [1.82, 2.24) is 14.8 Å². The van der Waals surface area contributed by atoms with E-state index < -0.39 is 4.92 Å². The second-order valence-corrected chi connectivity index (χ2v) is 6.65. The van der Waals surface area contributed by atoms with Gasteiger partial charge in [-0.1, -0.05) is 36.0 Å². The Bertz CT molecular complexity index is 955. The number of nitrogens with zero attached hydrogens (tertiary/aromatic N) is 4. The van der Waals surface area contributed by atoms with Crippen molar-refractivity contribution in [2.75, 3.05) is 7.11 Å². The molecule has 134 valence electrons. The summed E-state index contributed by atoms with van der Waals surface area (Å²) >= 11 is 1.48. The van der Waals surface area contributed by atoms with Crippen LogP contribution in [0.4, 0.5) is 5.69 Å². The number of ether oxygens (including phenoxy) is 1. The van der Waals surface area contributed by atoms with Gasteiger partial charge in [0.05, 0.1) is 17.7 Å². The minimum Gasteiger partial charge on any atom is -0.490 e. The highest BCUT2D eigenvalue weighted by atomic mass is 32.2. The lowest BCUT2D eigenvalue weighted by Gasteiger charge is -2.11. The van der Waals surface area contributed by atoms with Gasteiger partial charge in [0, 0.05) is 11.8 Å². The average molecular weight is 370 g/mol. The number of aryl methyl sites for hydroxylation is 2. The predicted octanol–water partition coefficient (Wildman–Crippen LogP) is 4.09. The van der Waals surface area contributed by atoms with E-state index in [2.05, 4.69) is 10.2 Å². The van der Waals surface area contributed by atoms with Crippen molar-refractivity contribution >= 4 is 17.4 Å². The van der Waals surface area contributed by atoms with E-state index in [1.54, 1.807) is 6.07 Å². The van der Waals surface area contributed by atoms with Gasteiger partial charge in [-0.2, -0.15) is 0 Å². The number of methoxy groups -OCH3 is 1. The van der Waals surface area contributed by atoms with Crippen LogP contribution >= 0.6 is 11.8 Å². The molecule has 2 aromatic carbocycles. The third-order valence-corrected chi connectivity index (χ3v) is 4.96. The van der Waals surface area contributed by atoms with Gasteiger partial charge in [-0.05, 0) is 37.1 Å². The monoisotopic (exact) mass is 370 g/mol. The molecule has 26 heavy (non-hydrogen) atoms. The number of thioether (sulfide) groups is 1. The first-order valence-electron chi connectivity index (χ1n) is 7.93. The lowest BCUT2D eigenvalue weighted by atomic mass is 10.2. The van der Waals surface area contributed by atoms with E-state index in [1.807, 2.05) is 48.7 Å². The molecule has 7 nitrogen and oxygen atoms in total. The van der Waals surface area contributed by atoms with Gasteiger partial charge in [-0.3, -0.25) is 14.7 Å². The summed E-state index contributed by atoms with van der Waals surface area (Å²) in [4.78, 5) is 10.7. The fraction of sp³-hybridized carbons (Fsp3) is 0.222. The van der Waals surface area contributed by atoms with E-state index in [9.17, 15) is 10.1 Å². The molecule has 3 aromatic rings. The van der Waals surface area contributed by atoms with Gasteiger partial charge < -0.3 is 4.74 Å². The quantitative estimate of drug-likeness (QED) is 0.369. The van der Waals surface area contributed by atoms with Crippen molar-refractivity contribution in [2.45, 2.75) is 24.8 Å². The van der Waals surface area contributed by atoms with Gasteiger partial charge in [0.15, 0.2) is 10.9 Å². The van der Waals surface area contributed by atoms with E-state index in [0.29, 0.717) is 5.75 Å². The molecule has 1 heterocycles. The zero-order valence-electron chi connectivity index (χ0n) is 14.7. The zero-order chi connectivity index (χ0) is 18.7. The van der Waals surface area contributed by atoms with E-state index in [-0.39, 0.29) is 11.4 Å². The number of nitro benzene ring substituents is 1. The molecule has 0 aliphatic carbocycles. The Morgan fingerprint density at radius 2 is 1.96 bits per heavy atom. The molecule has 0 atom stereocenters. The van der Waals surface area contributed by atoms with Crippen LogP contribution in [0.3, 0.4) is 0 Å². The van der Waals surface area contributed by atoms with Crippen LogP contribution in [0.5, 0.6) is 5.75 Å². The predicted molar refractivity (Wildman–Crippen MR) is 100 cm³/mol. The van der Waals surface area contributed by atoms with Gasteiger partial charge in [-0.25, -0.2) is 0 Å².